The zero-order valence-corrected chi connectivity index (χ0v) is 11.4. The highest BCUT2D eigenvalue weighted by atomic mass is 16.7. The smallest absolute Gasteiger partial charge is 0.231 e. The van der Waals surface area contributed by atoms with Crippen LogP contribution in [0.4, 0.5) is 0 Å². The van der Waals surface area contributed by atoms with Crippen molar-refractivity contribution in [2.75, 3.05) is 6.79 Å². The van der Waals surface area contributed by atoms with Gasteiger partial charge in [0.15, 0.2) is 23.7 Å². The van der Waals surface area contributed by atoms with E-state index in [9.17, 15) is 0 Å². The molecule has 1 aliphatic rings. The second kappa shape index (κ2) is 4.63. The number of hydrogen-bond donors (Lipinski definition) is 0. The van der Waals surface area contributed by atoms with Crippen molar-refractivity contribution < 1.29 is 13.9 Å². The average molecular weight is 280 g/mol. The molecule has 2 aromatic heterocycles. The van der Waals surface area contributed by atoms with E-state index in [2.05, 4.69) is 9.97 Å². The lowest BCUT2D eigenvalue weighted by Gasteiger charge is -2.03. The van der Waals surface area contributed by atoms with Gasteiger partial charge < -0.3 is 13.9 Å². The number of fused-ring (bicyclic) bond motifs is 1. The van der Waals surface area contributed by atoms with Gasteiger partial charge in [0.2, 0.25) is 6.79 Å². The van der Waals surface area contributed by atoms with Gasteiger partial charge in [0, 0.05) is 11.3 Å². The molecule has 5 nitrogen and oxygen atoms in total. The van der Waals surface area contributed by atoms with Crippen LogP contribution >= 0.6 is 0 Å². The molecule has 3 aromatic rings. The second-order valence-electron chi connectivity index (χ2n) is 4.76. The van der Waals surface area contributed by atoms with Crippen LogP contribution in [0.1, 0.15) is 5.69 Å². The van der Waals surface area contributed by atoms with Gasteiger partial charge in [-0.05, 0) is 37.3 Å². The molecule has 104 valence electrons. The Labute approximate surface area is 121 Å². The van der Waals surface area contributed by atoms with E-state index in [-0.39, 0.29) is 6.79 Å². The van der Waals surface area contributed by atoms with Gasteiger partial charge in [-0.2, -0.15) is 0 Å². The Morgan fingerprint density at radius 3 is 2.86 bits per heavy atom. The summed E-state index contributed by atoms with van der Waals surface area (Å²) in [7, 11) is 0. The number of pyridine rings is 1. The summed E-state index contributed by atoms with van der Waals surface area (Å²) in [5.74, 6) is 2.13. The molecule has 0 radical (unpaired) electrons. The first-order valence-electron chi connectivity index (χ1n) is 6.59. The lowest BCUT2D eigenvalue weighted by molar-refractivity contribution is 0.174. The van der Waals surface area contributed by atoms with Gasteiger partial charge in [0.05, 0.1) is 5.69 Å². The van der Waals surface area contributed by atoms with Crippen LogP contribution < -0.4 is 9.47 Å². The molecule has 0 saturated carbocycles. The van der Waals surface area contributed by atoms with Gasteiger partial charge in [0.25, 0.3) is 0 Å². The Morgan fingerprint density at radius 2 is 1.95 bits per heavy atom. The van der Waals surface area contributed by atoms with E-state index in [0.29, 0.717) is 11.5 Å². The molecule has 0 amide bonds. The van der Waals surface area contributed by atoms with E-state index in [1.807, 2.05) is 43.3 Å². The van der Waals surface area contributed by atoms with E-state index in [4.69, 9.17) is 13.9 Å². The summed E-state index contributed by atoms with van der Waals surface area (Å²) in [6, 6.07) is 11.5. The van der Waals surface area contributed by atoms with E-state index >= 15 is 0 Å². The van der Waals surface area contributed by atoms with Crippen LogP contribution in [0.15, 0.2) is 47.2 Å². The highest BCUT2D eigenvalue weighted by Gasteiger charge is 2.18. The highest BCUT2D eigenvalue weighted by molar-refractivity contribution is 5.76. The summed E-state index contributed by atoms with van der Waals surface area (Å²) in [6.45, 7) is 2.20. The van der Waals surface area contributed by atoms with Crippen molar-refractivity contribution in [1.29, 1.82) is 0 Å². The van der Waals surface area contributed by atoms with Gasteiger partial charge in [-0.15, -0.1) is 0 Å². The fourth-order valence-electron chi connectivity index (χ4n) is 2.35. The normalized spacial score (nSPS) is 12.6. The van der Waals surface area contributed by atoms with Crippen molar-refractivity contribution in [3.05, 3.63) is 48.5 Å². The first kappa shape index (κ1) is 12.0. The Morgan fingerprint density at radius 1 is 1.05 bits per heavy atom. The Kier molecular flexibility index (Phi) is 2.64. The molecular formula is C16H12N2O3. The van der Waals surface area contributed by atoms with E-state index < -0.39 is 0 Å². The summed E-state index contributed by atoms with van der Waals surface area (Å²) in [6.07, 6.45) is 1.43. The first-order valence-corrected chi connectivity index (χ1v) is 6.59. The van der Waals surface area contributed by atoms with Crippen LogP contribution in [0.2, 0.25) is 0 Å². The third-order valence-electron chi connectivity index (χ3n) is 3.33. The number of hydrogen-bond acceptors (Lipinski definition) is 5. The average Bonchev–Trinajstić information content (AvgIpc) is 3.15. The fraction of sp³-hybridized carbons (Fsp3) is 0.125. The van der Waals surface area contributed by atoms with Crippen molar-refractivity contribution >= 4 is 0 Å². The topological polar surface area (TPSA) is 57.4 Å². The highest BCUT2D eigenvalue weighted by Crippen LogP contribution is 2.38. The fourth-order valence-corrected chi connectivity index (χ4v) is 2.35. The molecule has 21 heavy (non-hydrogen) atoms. The summed E-state index contributed by atoms with van der Waals surface area (Å²) in [5.41, 5.74) is 3.33. The van der Waals surface area contributed by atoms with Gasteiger partial charge in [0.1, 0.15) is 5.69 Å². The Bertz CT molecular complexity index is 811. The Hall–Kier alpha value is -2.82. The standard InChI is InChI=1S/C16H12N2O3/c1-10-3-2-4-12(18-10)15-16(19-8-17-15)11-5-6-13-14(7-11)21-9-20-13/h2-8H,9H2,1H3. The van der Waals surface area contributed by atoms with Gasteiger partial charge in [-0.1, -0.05) is 6.07 Å². The molecule has 0 aliphatic carbocycles. The SMILES string of the molecule is Cc1cccc(-c2ncoc2-c2ccc3c(c2)OCO3)n1. The van der Waals surface area contributed by atoms with Crippen molar-refractivity contribution in [2.45, 2.75) is 6.92 Å². The molecule has 0 bridgehead atoms. The summed E-state index contributed by atoms with van der Waals surface area (Å²) in [5, 5.41) is 0. The quantitative estimate of drug-likeness (QED) is 0.719. The molecule has 3 heterocycles. The maximum Gasteiger partial charge on any atom is 0.231 e. The first-order chi connectivity index (χ1) is 10.3. The van der Waals surface area contributed by atoms with E-state index in [1.54, 1.807) is 0 Å². The van der Waals surface area contributed by atoms with Crippen molar-refractivity contribution in [3.8, 4) is 34.2 Å². The molecule has 0 unspecified atom stereocenters. The minimum Gasteiger partial charge on any atom is -0.454 e. The lowest BCUT2D eigenvalue weighted by Crippen LogP contribution is -1.92. The predicted octanol–water partition coefficient (Wildman–Crippen LogP) is 3.44. The largest absolute Gasteiger partial charge is 0.454 e. The molecule has 0 saturated heterocycles. The van der Waals surface area contributed by atoms with Crippen molar-refractivity contribution in [3.63, 3.8) is 0 Å². The summed E-state index contributed by atoms with van der Waals surface area (Å²) in [4.78, 5) is 8.79. The van der Waals surface area contributed by atoms with Crippen LogP contribution in [0, 0.1) is 6.92 Å². The molecule has 1 aliphatic heterocycles. The van der Waals surface area contributed by atoms with E-state index in [1.165, 1.54) is 6.39 Å². The Balaban J connectivity index is 1.82. The third-order valence-corrected chi connectivity index (χ3v) is 3.33. The lowest BCUT2D eigenvalue weighted by atomic mass is 10.1. The number of aromatic nitrogens is 2. The minimum absolute atomic E-state index is 0.251. The molecule has 5 heteroatoms. The zero-order valence-electron chi connectivity index (χ0n) is 11.4. The molecule has 0 fully saturated rings. The maximum atomic E-state index is 5.56. The number of oxazole rings is 1. The van der Waals surface area contributed by atoms with Gasteiger partial charge >= 0.3 is 0 Å². The van der Waals surface area contributed by atoms with Crippen LogP contribution in [0.5, 0.6) is 11.5 Å². The van der Waals surface area contributed by atoms with Crippen LogP contribution in [0.25, 0.3) is 22.7 Å². The maximum absolute atomic E-state index is 5.56. The number of benzene rings is 1. The van der Waals surface area contributed by atoms with Gasteiger partial charge in [-0.3, -0.25) is 4.98 Å². The van der Waals surface area contributed by atoms with Crippen LogP contribution in [0.3, 0.4) is 0 Å². The third kappa shape index (κ3) is 2.03. The summed E-state index contributed by atoms with van der Waals surface area (Å²) < 4.78 is 16.3. The molecule has 0 atom stereocenters. The molecule has 4 rings (SSSR count). The molecular weight excluding hydrogens is 268 g/mol. The van der Waals surface area contributed by atoms with Crippen molar-refractivity contribution in [2.24, 2.45) is 0 Å². The molecule has 0 spiro atoms. The number of ether oxygens (including phenoxy) is 2. The number of rotatable bonds is 2. The van der Waals surface area contributed by atoms with Gasteiger partial charge in [-0.25, -0.2) is 4.98 Å². The van der Waals surface area contributed by atoms with Crippen LogP contribution in [-0.2, 0) is 0 Å². The number of aryl methyl sites for hydroxylation is 1. The van der Waals surface area contributed by atoms with Crippen molar-refractivity contribution in [1.82, 2.24) is 9.97 Å². The minimum atomic E-state index is 0.251. The van der Waals surface area contributed by atoms with E-state index in [0.717, 1.165) is 28.4 Å². The predicted molar refractivity (Wildman–Crippen MR) is 76.0 cm³/mol. The second-order valence-corrected chi connectivity index (χ2v) is 4.76. The zero-order chi connectivity index (χ0) is 14.2. The van der Waals surface area contributed by atoms with Crippen LogP contribution in [-0.4, -0.2) is 16.8 Å². The number of nitrogens with zero attached hydrogens (tertiary/aromatic N) is 2. The summed E-state index contributed by atoms with van der Waals surface area (Å²) >= 11 is 0. The monoisotopic (exact) mass is 280 g/mol. The molecule has 1 aromatic carbocycles. The molecule has 0 N–H and O–H groups in total.